The molecule has 0 unspecified atom stereocenters. The Morgan fingerprint density at radius 1 is 1.43 bits per heavy atom. The maximum Gasteiger partial charge on any atom is 0.295 e. The van der Waals surface area contributed by atoms with Crippen molar-refractivity contribution in [3.63, 3.8) is 0 Å². The van der Waals surface area contributed by atoms with Crippen LogP contribution in [0.2, 0.25) is 0 Å². The molecule has 1 aliphatic heterocycles. The standard InChI is InChI=1S/C13H13N3O5/c1-7-10(16(19)20)13(21-15-7)12(18)11(17)9-4-2-8(6-14)3-5-9/h2-5,10-13,17-18H,1H3/t10-,11+,12-,13-/m0/s1. The summed E-state index contributed by atoms with van der Waals surface area (Å²) < 4.78 is 0. The SMILES string of the molecule is CC1=NO[C@H]([C@@H](O)[C@H](O)c2ccc(C#N)cc2)[C@H]1[N+](=O)[O-]. The first kappa shape index (κ1) is 14.9. The Morgan fingerprint density at radius 3 is 2.57 bits per heavy atom. The van der Waals surface area contributed by atoms with Crippen LogP contribution in [0.4, 0.5) is 0 Å². The number of benzene rings is 1. The van der Waals surface area contributed by atoms with Gasteiger partial charge in [-0.15, -0.1) is 0 Å². The molecule has 0 spiro atoms. The third-order valence-corrected chi connectivity index (χ3v) is 3.33. The lowest BCUT2D eigenvalue weighted by Crippen LogP contribution is -2.45. The molecule has 1 aliphatic rings. The lowest BCUT2D eigenvalue weighted by molar-refractivity contribution is -0.514. The second kappa shape index (κ2) is 5.87. The van der Waals surface area contributed by atoms with Gasteiger partial charge in [0.2, 0.25) is 6.10 Å². The summed E-state index contributed by atoms with van der Waals surface area (Å²) in [7, 11) is 0. The second-order valence-corrected chi connectivity index (χ2v) is 4.70. The highest BCUT2D eigenvalue weighted by atomic mass is 16.7. The van der Waals surface area contributed by atoms with E-state index in [1.165, 1.54) is 31.2 Å². The van der Waals surface area contributed by atoms with Gasteiger partial charge in [-0.05, 0) is 24.6 Å². The monoisotopic (exact) mass is 291 g/mol. The van der Waals surface area contributed by atoms with Crippen LogP contribution in [0.25, 0.3) is 0 Å². The molecule has 8 heteroatoms. The first-order valence-electron chi connectivity index (χ1n) is 6.15. The summed E-state index contributed by atoms with van der Waals surface area (Å²) in [5, 5.41) is 43.4. The maximum absolute atomic E-state index is 11.0. The van der Waals surface area contributed by atoms with Crippen LogP contribution in [0.1, 0.15) is 24.2 Å². The normalized spacial score (nSPS) is 23.6. The van der Waals surface area contributed by atoms with Crippen molar-refractivity contribution in [1.82, 2.24) is 0 Å². The summed E-state index contributed by atoms with van der Waals surface area (Å²) in [5.74, 6) is 0. The Kier molecular flexibility index (Phi) is 4.16. The van der Waals surface area contributed by atoms with E-state index in [9.17, 15) is 20.3 Å². The molecule has 110 valence electrons. The third-order valence-electron chi connectivity index (χ3n) is 3.33. The smallest absolute Gasteiger partial charge is 0.295 e. The van der Waals surface area contributed by atoms with Gasteiger partial charge in [-0.1, -0.05) is 17.3 Å². The van der Waals surface area contributed by atoms with Crippen LogP contribution in [0.5, 0.6) is 0 Å². The molecule has 1 aromatic carbocycles. The van der Waals surface area contributed by atoms with E-state index in [-0.39, 0.29) is 5.71 Å². The van der Waals surface area contributed by atoms with Crippen LogP contribution in [-0.2, 0) is 4.84 Å². The van der Waals surface area contributed by atoms with Crippen LogP contribution < -0.4 is 0 Å². The zero-order valence-electron chi connectivity index (χ0n) is 11.1. The molecule has 0 fully saturated rings. The van der Waals surface area contributed by atoms with E-state index in [4.69, 9.17) is 10.1 Å². The molecular formula is C13H13N3O5. The Bertz CT molecular complexity index is 607. The molecule has 0 aliphatic carbocycles. The van der Waals surface area contributed by atoms with Gasteiger partial charge in [0.05, 0.1) is 11.6 Å². The Morgan fingerprint density at radius 2 is 2.05 bits per heavy atom. The fourth-order valence-electron chi connectivity index (χ4n) is 2.15. The highest BCUT2D eigenvalue weighted by molar-refractivity contribution is 5.87. The van der Waals surface area contributed by atoms with Gasteiger partial charge in [0, 0.05) is 4.92 Å². The van der Waals surface area contributed by atoms with Crippen molar-refractivity contribution in [3.8, 4) is 6.07 Å². The van der Waals surface area contributed by atoms with Crippen LogP contribution >= 0.6 is 0 Å². The van der Waals surface area contributed by atoms with Crippen molar-refractivity contribution < 1.29 is 20.0 Å². The minimum atomic E-state index is -1.52. The van der Waals surface area contributed by atoms with E-state index in [0.717, 1.165) is 0 Å². The first-order valence-corrected chi connectivity index (χ1v) is 6.15. The van der Waals surface area contributed by atoms with Gasteiger partial charge < -0.3 is 15.1 Å². The number of nitrogens with zero attached hydrogens (tertiary/aromatic N) is 3. The fraction of sp³-hybridized carbons (Fsp3) is 0.385. The fourth-order valence-corrected chi connectivity index (χ4v) is 2.15. The molecule has 0 bridgehead atoms. The maximum atomic E-state index is 11.0. The molecule has 4 atom stereocenters. The van der Waals surface area contributed by atoms with Crippen molar-refractivity contribution in [3.05, 3.63) is 45.5 Å². The predicted octanol–water partition coefficient (Wildman–Crippen LogP) is 0.373. The molecular weight excluding hydrogens is 278 g/mol. The minimum Gasteiger partial charge on any atom is -0.386 e. The summed E-state index contributed by atoms with van der Waals surface area (Å²) in [5.41, 5.74) is 0.868. The number of hydrogen-bond donors (Lipinski definition) is 2. The third kappa shape index (κ3) is 2.84. The largest absolute Gasteiger partial charge is 0.386 e. The average Bonchev–Trinajstić information content (AvgIpc) is 2.87. The Hall–Kier alpha value is -2.50. The highest BCUT2D eigenvalue weighted by Gasteiger charge is 2.48. The predicted molar refractivity (Wildman–Crippen MR) is 70.9 cm³/mol. The molecule has 21 heavy (non-hydrogen) atoms. The van der Waals surface area contributed by atoms with Crippen molar-refractivity contribution >= 4 is 5.71 Å². The summed E-state index contributed by atoms with van der Waals surface area (Å²) in [6.07, 6.45) is -4.16. The average molecular weight is 291 g/mol. The van der Waals surface area contributed by atoms with Gasteiger partial charge in [0.15, 0.2) is 0 Å². The zero-order valence-corrected chi connectivity index (χ0v) is 11.1. The van der Waals surface area contributed by atoms with Gasteiger partial charge in [-0.2, -0.15) is 5.26 Å². The van der Waals surface area contributed by atoms with Crippen LogP contribution in [-0.4, -0.2) is 39.1 Å². The van der Waals surface area contributed by atoms with Crippen molar-refractivity contribution in [1.29, 1.82) is 5.26 Å². The number of aliphatic hydroxyl groups excluding tert-OH is 2. The molecule has 1 aromatic rings. The van der Waals surface area contributed by atoms with E-state index >= 15 is 0 Å². The van der Waals surface area contributed by atoms with Gasteiger partial charge >= 0.3 is 0 Å². The number of nitriles is 1. The van der Waals surface area contributed by atoms with E-state index in [1.54, 1.807) is 0 Å². The highest BCUT2D eigenvalue weighted by Crippen LogP contribution is 2.26. The molecule has 0 radical (unpaired) electrons. The summed E-state index contributed by atoms with van der Waals surface area (Å²) in [6.45, 7) is 1.42. The molecule has 2 N–H and O–H groups in total. The quantitative estimate of drug-likeness (QED) is 0.609. The van der Waals surface area contributed by atoms with Crippen molar-refractivity contribution in [2.45, 2.75) is 31.3 Å². The van der Waals surface area contributed by atoms with E-state index < -0.39 is 29.3 Å². The summed E-state index contributed by atoms with van der Waals surface area (Å²) in [4.78, 5) is 15.3. The zero-order chi connectivity index (χ0) is 15.6. The number of rotatable bonds is 4. The summed E-state index contributed by atoms with van der Waals surface area (Å²) >= 11 is 0. The topological polar surface area (TPSA) is 129 Å². The van der Waals surface area contributed by atoms with Gasteiger partial charge in [0.1, 0.15) is 17.9 Å². The molecule has 0 amide bonds. The number of nitro groups is 1. The van der Waals surface area contributed by atoms with Crippen LogP contribution in [0.15, 0.2) is 29.4 Å². The van der Waals surface area contributed by atoms with E-state index in [2.05, 4.69) is 5.16 Å². The van der Waals surface area contributed by atoms with Gasteiger partial charge in [0.25, 0.3) is 6.04 Å². The van der Waals surface area contributed by atoms with Gasteiger partial charge in [-0.3, -0.25) is 10.1 Å². The lowest BCUT2D eigenvalue weighted by atomic mass is 9.94. The van der Waals surface area contributed by atoms with Crippen LogP contribution in [0.3, 0.4) is 0 Å². The number of aliphatic hydroxyl groups is 2. The molecule has 0 saturated carbocycles. The van der Waals surface area contributed by atoms with E-state index in [1.807, 2.05) is 6.07 Å². The Labute approximate surface area is 120 Å². The molecule has 1 heterocycles. The van der Waals surface area contributed by atoms with Gasteiger partial charge in [-0.25, -0.2) is 0 Å². The molecule has 2 rings (SSSR count). The number of hydrogen-bond acceptors (Lipinski definition) is 7. The minimum absolute atomic E-state index is 0.135. The van der Waals surface area contributed by atoms with Crippen LogP contribution in [0, 0.1) is 21.4 Å². The molecule has 0 aromatic heterocycles. The van der Waals surface area contributed by atoms with Crippen molar-refractivity contribution in [2.75, 3.05) is 0 Å². The number of oxime groups is 1. The molecule has 0 saturated heterocycles. The van der Waals surface area contributed by atoms with Crippen molar-refractivity contribution in [2.24, 2.45) is 5.16 Å². The second-order valence-electron chi connectivity index (χ2n) is 4.70. The Balaban J connectivity index is 2.17. The molecule has 8 nitrogen and oxygen atoms in total. The summed E-state index contributed by atoms with van der Waals surface area (Å²) in [6, 6.07) is 6.53. The van der Waals surface area contributed by atoms with E-state index in [0.29, 0.717) is 11.1 Å². The first-order chi connectivity index (χ1) is 9.95. The lowest BCUT2D eigenvalue weighted by Gasteiger charge is -2.23.